The van der Waals surface area contributed by atoms with E-state index in [4.69, 9.17) is 0 Å². The number of aromatic nitrogens is 5. The van der Waals surface area contributed by atoms with E-state index in [-0.39, 0.29) is 11.7 Å². The fourth-order valence-corrected chi connectivity index (χ4v) is 4.46. The fraction of sp³-hybridized carbons (Fsp3) is 0.120. The number of imidazole rings is 1. The van der Waals surface area contributed by atoms with Crippen LogP contribution in [0, 0.1) is 5.82 Å². The van der Waals surface area contributed by atoms with Gasteiger partial charge < -0.3 is 15.2 Å². The van der Waals surface area contributed by atoms with Crippen LogP contribution in [0.25, 0.3) is 5.52 Å². The van der Waals surface area contributed by atoms with Crippen LogP contribution in [0.3, 0.4) is 0 Å². The number of pyridine rings is 2. The van der Waals surface area contributed by atoms with Crippen LogP contribution in [0.5, 0.6) is 0 Å². The van der Waals surface area contributed by atoms with E-state index >= 15 is 0 Å². The van der Waals surface area contributed by atoms with Gasteiger partial charge >= 0.3 is 0 Å². The predicted octanol–water partition coefficient (Wildman–Crippen LogP) is 4.00. The Morgan fingerprint density at radius 3 is 2.82 bits per heavy atom. The number of nitrogens with zero attached hydrogens (tertiary/aromatic N) is 5. The first-order chi connectivity index (χ1) is 16.7. The predicted molar refractivity (Wildman–Crippen MR) is 125 cm³/mol. The van der Waals surface area contributed by atoms with Gasteiger partial charge in [-0.15, -0.1) is 0 Å². The molecule has 0 saturated carbocycles. The molecule has 34 heavy (non-hydrogen) atoms. The maximum atomic E-state index is 14.4. The highest BCUT2D eigenvalue weighted by atomic mass is 19.1. The summed E-state index contributed by atoms with van der Waals surface area (Å²) in [5, 5.41) is 7.59. The second kappa shape index (κ2) is 8.11. The molecule has 2 N–H and O–H groups in total. The monoisotopic (exact) mass is 453 g/mol. The SMILES string of the molecule is O=C(Nc1ccccc1)c1cccnc1N1CCc2[nH]cnc2[C@H]1c1cc2c(F)cccn2n1. The van der Waals surface area contributed by atoms with Crippen molar-refractivity contribution in [2.45, 2.75) is 12.5 Å². The van der Waals surface area contributed by atoms with E-state index in [1.54, 1.807) is 43.0 Å². The first-order valence-electron chi connectivity index (χ1n) is 10.9. The van der Waals surface area contributed by atoms with Crippen molar-refractivity contribution < 1.29 is 9.18 Å². The van der Waals surface area contributed by atoms with E-state index < -0.39 is 6.04 Å². The van der Waals surface area contributed by atoms with Crippen molar-refractivity contribution in [3.8, 4) is 0 Å². The molecule has 0 fully saturated rings. The maximum absolute atomic E-state index is 14.4. The summed E-state index contributed by atoms with van der Waals surface area (Å²) < 4.78 is 16.0. The number of para-hydroxylation sites is 1. The molecule has 0 saturated heterocycles. The normalized spacial score (nSPS) is 15.3. The zero-order valence-electron chi connectivity index (χ0n) is 18.0. The van der Waals surface area contributed by atoms with E-state index in [0.29, 0.717) is 41.2 Å². The number of hydrogen-bond donors (Lipinski definition) is 2. The topological polar surface area (TPSA) is 91.2 Å². The lowest BCUT2D eigenvalue weighted by atomic mass is 9.99. The molecule has 1 aliphatic heterocycles. The number of anilines is 2. The highest BCUT2D eigenvalue weighted by Crippen LogP contribution is 2.37. The summed E-state index contributed by atoms with van der Waals surface area (Å²) in [4.78, 5) is 27.6. The van der Waals surface area contributed by atoms with Crippen molar-refractivity contribution in [2.75, 3.05) is 16.8 Å². The zero-order chi connectivity index (χ0) is 23.1. The molecule has 0 unspecified atom stereocenters. The van der Waals surface area contributed by atoms with Crippen molar-refractivity contribution in [2.24, 2.45) is 0 Å². The average Bonchev–Trinajstić information content (AvgIpc) is 3.52. The van der Waals surface area contributed by atoms with Gasteiger partial charge in [0.1, 0.15) is 23.2 Å². The molecule has 9 heteroatoms. The summed E-state index contributed by atoms with van der Waals surface area (Å²) in [6, 6.07) is 17.1. The van der Waals surface area contributed by atoms with Crippen LogP contribution in [0.4, 0.5) is 15.9 Å². The molecule has 168 valence electrons. The molecule has 1 aliphatic rings. The summed E-state index contributed by atoms with van der Waals surface area (Å²) in [5.74, 6) is -0.0966. The Kier molecular flexibility index (Phi) is 4.80. The zero-order valence-corrected chi connectivity index (χ0v) is 18.0. The number of aromatic amines is 1. The molecular weight excluding hydrogens is 433 g/mol. The Morgan fingerprint density at radius 2 is 1.97 bits per heavy atom. The minimum absolute atomic E-state index is 0.262. The number of fused-ring (bicyclic) bond motifs is 2. The number of hydrogen-bond acceptors (Lipinski definition) is 5. The lowest BCUT2D eigenvalue weighted by Gasteiger charge is -2.35. The van der Waals surface area contributed by atoms with Crippen LogP contribution in [0.15, 0.2) is 79.4 Å². The number of H-pyrrole nitrogens is 1. The van der Waals surface area contributed by atoms with E-state index in [1.165, 1.54) is 10.6 Å². The van der Waals surface area contributed by atoms with Crippen LogP contribution in [-0.4, -0.2) is 37.0 Å². The molecule has 0 bridgehead atoms. The maximum Gasteiger partial charge on any atom is 0.259 e. The van der Waals surface area contributed by atoms with Crippen molar-refractivity contribution in [1.82, 2.24) is 24.6 Å². The van der Waals surface area contributed by atoms with Gasteiger partial charge in [0, 0.05) is 36.7 Å². The molecule has 0 spiro atoms. The number of benzene rings is 1. The molecular formula is C25H20FN7O. The average molecular weight is 453 g/mol. The summed E-state index contributed by atoms with van der Waals surface area (Å²) in [5.41, 5.74) is 3.91. The Balaban J connectivity index is 1.45. The van der Waals surface area contributed by atoms with Gasteiger partial charge in [-0.2, -0.15) is 5.10 Å². The Bertz CT molecular complexity index is 1490. The summed E-state index contributed by atoms with van der Waals surface area (Å²) in [6.45, 7) is 0.582. The number of amides is 1. The number of rotatable bonds is 4. The minimum Gasteiger partial charge on any atom is -0.348 e. The van der Waals surface area contributed by atoms with Crippen LogP contribution < -0.4 is 10.2 Å². The number of halogens is 1. The molecule has 0 radical (unpaired) electrons. The molecule has 1 amide bonds. The quantitative estimate of drug-likeness (QED) is 0.429. The molecule has 1 aromatic carbocycles. The van der Waals surface area contributed by atoms with E-state index in [0.717, 1.165) is 11.4 Å². The van der Waals surface area contributed by atoms with Gasteiger partial charge in [0.05, 0.1) is 23.3 Å². The second-order valence-electron chi connectivity index (χ2n) is 8.06. The van der Waals surface area contributed by atoms with Gasteiger partial charge in [-0.1, -0.05) is 18.2 Å². The Labute approximate surface area is 194 Å². The minimum atomic E-state index is -0.438. The number of carbonyl (C=O) groups excluding carboxylic acids is 1. The van der Waals surface area contributed by atoms with Gasteiger partial charge in [0.15, 0.2) is 0 Å². The molecule has 5 aromatic rings. The lowest BCUT2D eigenvalue weighted by molar-refractivity contribution is 0.102. The van der Waals surface area contributed by atoms with E-state index in [1.807, 2.05) is 35.2 Å². The van der Waals surface area contributed by atoms with Crippen molar-refractivity contribution in [1.29, 1.82) is 0 Å². The Morgan fingerprint density at radius 1 is 1.09 bits per heavy atom. The highest BCUT2D eigenvalue weighted by Gasteiger charge is 2.35. The van der Waals surface area contributed by atoms with Crippen molar-refractivity contribution in [3.63, 3.8) is 0 Å². The third-order valence-corrected chi connectivity index (χ3v) is 6.01. The molecule has 8 nitrogen and oxygen atoms in total. The van der Waals surface area contributed by atoms with Crippen molar-refractivity contribution in [3.05, 3.63) is 108 Å². The lowest BCUT2D eigenvalue weighted by Crippen LogP contribution is -2.38. The smallest absolute Gasteiger partial charge is 0.259 e. The van der Waals surface area contributed by atoms with E-state index in [2.05, 4.69) is 25.4 Å². The fourth-order valence-electron chi connectivity index (χ4n) is 4.46. The summed E-state index contributed by atoms with van der Waals surface area (Å²) >= 11 is 0. The van der Waals surface area contributed by atoms with Gasteiger partial charge in [0.25, 0.3) is 5.91 Å². The summed E-state index contributed by atoms with van der Waals surface area (Å²) in [7, 11) is 0. The largest absolute Gasteiger partial charge is 0.348 e. The van der Waals surface area contributed by atoms with Gasteiger partial charge in [-0.25, -0.2) is 18.9 Å². The molecule has 1 atom stereocenters. The second-order valence-corrected chi connectivity index (χ2v) is 8.06. The third-order valence-electron chi connectivity index (χ3n) is 6.01. The molecule has 5 heterocycles. The molecule has 6 rings (SSSR count). The summed E-state index contributed by atoms with van der Waals surface area (Å²) in [6.07, 6.45) is 5.72. The van der Waals surface area contributed by atoms with Crippen molar-refractivity contribution >= 4 is 22.9 Å². The first-order valence-corrected chi connectivity index (χ1v) is 10.9. The standard InChI is InChI=1S/C25H20FN7O/c26-18-9-5-12-33-21(18)14-20(31-33)23-22-19(28-15-29-22)10-13-32(23)24-17(8-4-11-27-24)25(34)30-16-6-2-1-3-7-16/h1-9,11-12,14-15,23H,10,13H2,(H,28,29)(H,30,34)/t23-/m1/s1. The van der Waals surface area contributed by atoms with E-state index in [9.17, 15) is 9.18 Å². The van der Waals surface area contributed by atoms with Crippen LogP contribution in [0.1, 0.15) is 33.5 Å². The van der Waals surface area contributed by atoms with Crippen LogP contribution in [0.2, 0.25) is 0 Å². The van der Waals surface area contributed by atoms with Gasteiger partial charge in [0.2, 0.25) is 0 Å². The van der Waals surface area contributed by atoms with Gasteiger partial charge in [-0.05, 0) is 42.5 Å². The Hall–Kier alpha value is -4.53. The highest BCUT2D eigenvalue weighted by molar-refractivity contribution is 6.07. The van der Waals surface area contributed by atoms with Crippen LogP contribution >= 0.6 is 0 Å². The number of nitrogens with one attached hydrogen (secondary N) is 2. The van der Waals surface area contributed by atoms with Crippen LogP contribution in [-0.2, 0) is 6.42 Å². The van der Waals surface area contributed by atoms with Gasteiger partial charge in [-0.3, -0.25) is 4.79 Å². The molecule has 0 aliphatic carbocycles. The number of carbonyl (C=O) groups is 1. The molecule has 4 aromatic heterocycles. The first kappa shape index (κ1) is 20.1. The third kappa shape index (κ3) is 3.38.